The van der Waals surface area contributed by atoms with Gasteiger partial charge in [0.2, 0.25) is 0 Å². The number of carbonyl (C=O) groups is 1. The molecule has 0 spiro atoms. The lowest BCUT2D eigenvalue weighted by molar-refractivity contribution is 0.189. The Morgan fingerprint density at radius 2 is 1.48 bits per heavy atom. The quantitative estimate of drug-likeness (QED) is 0.501. The van der Waals surface area contributed by atoms with Crippen LogP contribution < -0.4 is 0 Å². The fraction of sp³-hybridized carbons (Fsp3) is 0.280. The lowest BCUT2D eigenvalue weighted by Gasteiger charge is -2.21. The molecule has 0 unspecified atom stereocenters. The molecule has 2 aromatic carbocycles. The van der Waals surface area contributed by atoms with Crippen LogP contribution in [0, 0.1) is 11.6 Å². The fourth-order valence-electron chi connectivity index (χ4n) is 4.10. The minimum atomic E-state index is -0.280. The van der Waals surface area contributed by atoms with Crippen molar-refractivity contribution in [2.75, 3.05) is 19.6 Å². The number of amides is 2. The molecule has 0 bridgehead atoms. The molecule has 0 atom stereocenters. The monoisotopic (exact) mass is 421 g/mol. The third-order valence-electron chi connectivity index (χ3n) is 5.74. The van der Waals surface area contributed by atoms with Crippen LogP contribution in [0.4, 0.5) is 13.6 Å². The number of aromatic nitrogens is 1. The Bertz CT molecular complexity index is 948. The summed E-state index contributed by atoms with van der Waals surface area (Å²) in [5.74, 6) is -0.540. The zero-order valence-electron chi connectivity index (χ0n) is 17.3. The second-order valence-corrected chi connectivity index (χ2v) is 7.85. The molecule has 0 aliphatic carbocycles. The molecule has 160 valence electrons. The number of rotatable bonds is 8. The van der Waals surface area contributed by atoms with E-state index in [1.165, 1.54) is 24.3 Å². The zero-order valence-corrected chi connectivity index (χ0v) is 17.3. The summed E-state index contributed by atoms with van der Waals surface area (Å²) in [4.78, 5) is 20.6. The molecule has 1 aliphatic rings. The van der Waals surface area contributed by atoms with E-state index in [2.05, 4.69) is 4.98 Å². The number of nitrogens with zero attached hydrogens (tertiary/aromatic N) is 3. The Kier molecular flexibility index (Phi) is 6.55. The largest absolute Gasteiger partial charge is 0.323 e. The smallest absolute Gasteiger partial charge is 0.320 e. The summed E-state index contributed by atoms with van der Waals surface area (Å²) in [6, 6.07) is 16.8. The van der Waals surface area contributed by atoms with E-state index in [1.54, 1.807) is 36.7 Å². The fourth-order valence-corrected chi connectivity index (χ4v) is 4.10. The molecule has 31 heavy (non-hydrogen) atoms. The first-order valence-electron chi connectivity index (χ1n) is 10.5. The highest BCUT2D eigenvalue weighted by molar-refractivity contribution is 5.76. The van der Waals surface area contributed by atoms with E-state index in [9.17, 15) is 13.6 Å². The van der Waals surface area contributed by atoms with Crippen LogP contribution in [0.15, 0.2) is 73.1 Å². The number of hydrogen-bond donors (Lipinski definition) is 0. The van der Waals surface area contributed by atoms with E-state index >= 15 is 0 Å². The SMILES string of the molecule is O=C1N(CCCC(c2ccc(F)cc2)c2ccc(F)cc2)CCN1Cc1cccnc1. The number of urea groups is 1. The maximum atomic E-state index is 13.4. The van der Waals surface area contributed by atoms with E-state index in [4.69, 9.17) is 0 Å². The molecule has 2 amide bonds. The standard InChI is InChI=1S/C25H25F2N3O/c26-22-9-5-20(6-10-22)24(21-7-11-23(27)12-8-21)4-2-14-29-15-16-30(25(29)31)18-19-3-1-13-28-17-19/h1,3,5-13,17,24H,2,4,14-16,18H2. The molecule has 3 aromatic rings. The lowest BCUT2D eigenvalue weighted by Crippen LogP contribution is -2.32. The third-order valence-corrected chi connectivity index (χ3v) is 5.74. The van der Waals surface area contributed by atoms with Gasteiger partial charge in [-0.05, 0) is 59.9 Å². The average Bonchev–Trinajstić information content (AvgIpc) is 3.13. The predicted molar refractivity (Wildman–Crippen MR) is 115 cm³/mol. The van der Waals surface area contributed by atoms with Crippen LogP contribution in [0.5, 0.6) is 0 Å². The van der Waals surface area contributed by atoms with Crippen LogP contribution in [0.25, 0.3) is 0 Å². The van der Waals surface area contributed by atoms with Gasteiger partial charge in [0, 0.05) is 44.5 Å². The number of halogens is 2. The first kappa shape index (κ1) is 21.0. The molecule has 4 nitrogen and oxygen atoms in total. The van der Waals surface area contributed by atoms with Crippen molar-refractivity contribution in [2.24, 2.45) is 0 Å². The highest BCUT2D eigenvalue weighted by atomic mass is 19.1. The van der Waals surface area contributed by atoms with E-state index < -0.39 is 0 Å². The van der Waals surface area contributed by atoms with Crippen LogP contribution >= 0.6 is 0 Å². The minimum absolute atomic E-state index is 0.0189. The van der Waals surface area contributed by atoms with Crippen molar-refractivity contribution < 1.29 is 13.6 Å². The van der Waals surface area contributed by atoms with Crippen molar-refractivity contribution in [3.05, 3.63) is 101 Å². The van der Waals surface area contributed by atoms with Crippen molar-refractivity contribution in [2.45, 2.75) is 25.3 Å². The van der Waals surface area contributed by atoms with Gasteiger partial charge in [-0.15, -0.1) is 0 Å². The zero-order chi connectivity index (χ0) is 21.6. The Hall–Kier alpha value is -3.28. The molecule has 1 saturated heterocycles. The number of carbonyl (C=O) groups excluding carboxylic acids is 1. The van der Waals surface area contributed by atoms with Gasteiger partial charge >= 0.3 is 6.03 Å². The van der Waals surface area contributed by atoms with Gasteiger partial charge in [-0.2, -0.15) is 0 Å². The maximum Gasteiger partial charge on any atom is 0.320 e. The van der Waals surface area contributed by atoms with E-state index in [1.807, 2.05) is 21.9 Å². The van der Waals surface area contributed by atoms with Crippen LogP contribution in [0.2, 0.25) is 0 Å². The van der Waals surface area contributed by atoms with Crippen molar-refractivity contribution in [1.29, 1.82) is 0 Å². The first-order chi connectivity index (χ1) is 15.1. The minimum Gasteiger partial charge on any atom is -0.323 e. The molecule has 1 fully saturated rings. The van der Waals surface area contributed by atoms with Gasteiger partial charge in [0.1, 0.15) is 11.6 Å². The molecule has 6 heteroatoms. The van der Waals surface area contributed by atoms with Crippen LogP contribution in [0.1, 0.15) is 35.4 Å². The Balaban J connectivity index is 1.38. The topological polar surface area (TPSA) is 36.4 Å². The van der Waals surface area contributed by atoms with Crippen molar-refractivity contribution in [1.82, 2.24) is 14.8 Å². The second kappa shape index (κ2) is 9.69. The van der Waals surface area contributed by atoms with Gasteiger partial charge in [-0.1, -0.05) is 30.3 Å². The van der Waals surface area contributed by atoms with Crippen LogP contribution in [0.3, 0.4) is 0 Å². The normalized spacial score (nSPS) is 14.0. The van der Waals surface area contributed by atoms with E-state index in [-0.39, 0.29) is 23.6 Å². The Morgan fingerprint density at radius 3 is 2.06 bits per heavy atom. The molecule has 1 aliphatic heterocycles. The van der Waals surface area contributed by atoms with E-state index in [0.717, 1.165) is 29.5 Å². The van der Waals surface area contributed by atoms with Crippen LogP contribution in [-0.4, -0.2) is 40.4 Å². The highest BCUT2D eigenvalue weighted by Crippen LogP contribution is 2.30. The first-order valence-corrected chi connectivity index (χ1v) is 10.5. The summed E-state index contributed by atoms with van der Waals surface area (Å²) in [5, 5.41) is 0. The molecule has 0 saturated carbocycles. The van der Waals surface area contributed by atoms with Gasteiger partial charge < -0.3 is 9.80 Å². The van der Waals surface area contributed by atoms with Gasteiger partial charge in [0.05, 0.1) is 0 Å². The van der Waals surface area contributed by atoms with Crippen molar-refractivity contribution in [3.8, 4) is 0 Å². The number of hydrogen-bond acceptors (Lipinski definition) is 2. The molecular formula is C25H25F2N3O. The highest BCUT2D eigenvalue weighted by Gasteiger charge is 2.28. The molecule has 1 aromatic heterocycles. The summed E-state index contributed by atoms with van der Waals surface area (Å²) in [7, 11) is 0. The third kappa shape index (κ3) is 5.26. The average molecular weight is 421 g/mol. The van der Waals surface area contributed by atoms with Crippen molar-refractivity contribution in [3.63, 3.8) is 0 Å². The summed E-state index contributed by atoms with van der Waals surface area (Å²) in [6.45, 7) is 2.63. The van der Waals surface area contributed by atoms with Crippen LogP contribution in [-0.2, 0) is 6.54 Å². The molecule has 4 rings (SSSR count). The molecular weight excluding hydrogens is 396 g/mol. The van der Waals surface area contributed by atoms with Gasteiger partial charge in [0.25, 0.3) is 0 Å². The van der Waals surface area contributed by atoms with Gasteiger partial charge in [-0.25, -0.2) is 13.6 Å². The maximum absolute atomic E-state index is 13.4. The van der Waals surface area contributed by atoms with Gasteiger partial charge in [0.15, 0.2) is 0 Å². The van der Waals surface area contributed by atoms with Crippen molar-refractivity contribution >= 4 is 6.03 Å². The summed E-state index contributed by atoms with van der Waals surface area (Å²) >= 11 is 0. The lowest BCUT2D eigenvalue weighted by atomic mass is 9.87. The second-order valence-electron chi connectivity index (χ2n) is 7.85. The molecule has 0 N–H and O–H groups in total. The Morgan fingerprint density at radius 1 is 0.871 bits per heavy atom. The number of pyridine rings is 1. The summed E-state index contributed by atoms with van der Waals surface area (Å²) in [5.41, 5.74) is 2.99. The predicted octanol–water partition coefficient (Wildman–Crippen LogP) is 5.21. The number of benzene rings is 2. The summed E-state index contributed by atoms with van der Waals surface area (Å²) < 4.78 is 26.8. The van der Waals surface area contributed by atoms with E-state index in [0.29, 0.717) is 26.2 Å². The molecule has 2 heterocycles. The molecule has 0 radical (unpaired) electrons. The van der Waals surface area contributed by atoms with Gasteiger partial charge in [-0.3, -0.25) is 4.98 Å². The summed E-state index contributed by atoms with van der Waals surface area (Å²) in [6.07, 6.45) is 5.09. The Labute approximate surface area is 181 Å².